The van der Waals surface area contributed by atoms with Gasteiger partial charge in [0.1, 0.15) is 17.1 Å². The number of anilines is 3. The molecule has 4 heterocycles. The first-order chi connectivity index (χ1) is 18.7. The van der Waals surface area contributed by atoms with Gasteiger partial charge in [-0.25, -0.2) is 4.98 Å². The number of para-hydroxylation sites is 2. The van der Waals surface area contributed by atoms with Crippen LogP contribution in [-0.2, 0) is 0 Å². The Balaban J connectivity index is 1.29. The first-order valence-corrected chi connectivity index (χ1v) is 13.1. The maximum Gasteiger partial charge on any atom is 0.253 e. The fraction of sp³-hybridized carbons (Fsp3) is 0.194. The van der Waals surface area contributed by atoms with Crippen LogP contribution in [0.3, 0.4) is 0 Å². The summed E-state index contributed by atoms with van der Waals surface area (Å²) in [6, 6.07) is 27.1. The Bertz CT molecular complexity index is 1640. The number of nitrogens with one attached hydrogen (secondary N) is 1. The molecule has 2 aliphatic rings. The number of aromatic nitrogens is 3. The smallest absolute Gasteiger partial charge is 0.253 e. The number of piperidine rings is 1. The summed E-state index contributed by atoms with van der Waals surface area (Å²) < 4.78 is 7.93. The molecule has 1 N–H and O–H groups in total. The average Bonchev–Trinajstić information content (AvgIpc) is 2.97. The quantitative estimate of drug-likeness (QED) is 0.307. The number of nitrogens with zero attached hydrogens (tertiary/aromatic N) is 4. The third kappa shape index (κ3) is 3.96. The maximum absolute atomic E-state index is 13.4. The summed E-state index contributed by atoms with van der Waals surface area (Å²) in [7, 11) is 0. The zero-order valence-electron chi connectivity index (χ0n) is 20.9. The molecule has 7 heteroatoms. The predicted molar refractivity (Wildman–Crippen MR) is 150 cm³/mol. The number of hydrogen-bond donors (Lipinski definition) is 1. The minimum absolute atomic E-state index is 0.135. The summed E-state index contributed by atoms with van der Waals surface area (Å²) in [5.74, 6) is 1.92. The minimum Gasteiger partial charge on any atom is -0.457 e. The van der Waals surface area contributed by atoms with Gasteiger partial charge in [0.15, 0.2) is 0 Å². The minimum atomic E-state index is -0.376. The number of hydrogen-bond acceptors (Lipinski definition) is 6. The van der Waals surface area contributed by atoms with Crippen molar-refractivity contribution in [1.82, 2.24) is 14.5 Å². The first kappa shape index (κ1) is 22.5. The van der Waals surface area contributed by atoms with E-state index in [4.69, 9.17) is 9.72 Å². The van der Waals surface area contributed by atoms with Crippen LogP contribution in [0.2, 0.25) is 0 Å². The first-order valence-electron chi connectivity index (χ1n) is 13.1. The summed E-state index contributed by atoms with van der Waals surface area (Å²) in [4.78, 5) is 25.3. The van der Waals surface area contributed by atoms with Crippen LogP contribution >= 0.6 is 0 Å². The SMILES string of the molecule is O=c1ccc2cnc(Nc3ccc(N4CCCCC4)cc3)nc2n1C1c2ccccc2Oc2ccccc21. The third-order valence-electron chi connectivity index (χ3n) is 7.42. The average molecular weight is 502 g/mol. The Morgan fingerprint density at radius 3 is 2.18 bits per heavy atom. The van der Waals surface area contributed by atoms with E-state index >= 15 is 0 Å². The van der Waals surface area contributed by atoms with Gasteiger partial charge in [-0.05, 0) is 61.7 Å². The molecule has 0 spiro atoms. The number of pyridine rings is 1. The van der Waals surface area contributed by atoms with E-state index < -0.39 is 0 Å². The molecule has 0 bridgehead atoms. The van der Waals surface area contributed by atoms with Gasteiger partial charge < -0.3 is 15.0 Å². The van der Waals surface area contributed by atoms with E-state index in [1.54, 1.807) is 22.9 Å². The van der Waals surface area contributed by atoms with Gasteiger partial charge >= 0.3 is 0 Å². The van der Waals surface area contributed by atoms with Crippen molar-refractivity contribution >= 4 is 28.4 Å². The van der Waals surface area contributed by atoms with E-state index in [1.807, 2.05) is 48.5 Å². The lowest BCUT2D eigenvalue weighted by molar-refractivity contribution is 0.434. The van der Waals surface area contributed by atoms with E-state index in [2.05, 4.69) is 39.5 Å². The molecule has 0 radical (unpaired) electrons. The summed E-state index contributed by atoms with van der Waals surface area (Å²) >= 11 is 0. The highest BCUT2D eigenvalue weighted by molar-refractivity contribution is 5.77. The van der Waals surface area contributed by atoms with E-state index in [-0.39, 0.29) is 11.6 Å². The van der Waals surface area contributed by atoms with Crippen LogP contribution < -0.4 is 20.5 Å². The Hall–Kier alpha value is -4.65. The summed E-state index contributed by atoms with van der Waals surface area (Å²) in [5, 5.41) is 4.12. The Morgan fingerprint density at radius 2 is 1.47 bits per heavy atom. The molecule has 3 aromatic carbocycles. The zero-order valence-corrected chi connectivity index (χ0v) is 20.9. The molecule has 2 aromatic heterocycles. The highest BCUT2D eigenvalue weighted by Gasteiger charge is 2.30. The Morgan fingerprint density at radius 1 is 0.789 bits per heavy atom. The predicted octanol–water partition coefficient (Wildman–Crippen LogP) is 6.27. The number of rotatable bonds is 4. The summed E-state index contributed by atoms with van der Waals surface area (Å²) in [6.45, 7) is 2.22. The molecule has 5 aromatic rings. The van der Waals surface area contributed by atoms with Crippen molar-refractivity contribution in [3.05, 3.63) is 113 Å². The van der Waals surface area contributed by atoms with Crippen LogP contribution in [0.5, 0.6) is 11.5 Å². The number of fused-ring (bicyclic) bond motifs is 3. The molecule has 2 aliphatic heterocycles. The second-order valence-corrected chi connectivity index (χ2v) is 9.81. The van der Waals surface area contributed by atoms with Gasteiger partial charge in [-0.1, -0.05) is 36.4 Å². The lowest BCUT2D eigenvalue weighted by Gasteiger charge is -2.30. The van der Waals surface area contributed by atoms with Crippen molar-refractivity contribution in [1.29, 1.82) is 0 Å². The molecule has 7 nitrogen and oxygen atoms in total. The van der Waals surface area contributed by atoms with Crippen LogP contribution in [0, 0.1) is 0 Å². The van der Waals surface area contributed by atoms with Gasteiger partial charge in [-0.15, -0.1) is 0 Å². The third-order valence-corrected chi connectivity index (χ3v) is 7.42. The van der Waals surface area contributed by atoms with Crippen LogP contribution in [0.4, 0.5) is 17.3 Å². The van der Waals surface area contributed by atoms with Crippen molar-refractivity contribution in [3.63, 3.8) is 0 Å². The van der Waals surface area contributed by atoms with Crippen molar-refractivity contribution in [2.45, 2.75) is 25.3 Å². The monoisotopic (exact) mass is 501 g/mol. The van der Waals surface area contributed by atoms with E-state index in [1.165, 1.54) is 24.9 Å². The van der Waals surface area contributed by atoms with Crippen LogP contribution in [0.25, 0.3) is 11.0 Å². The van der Waals surface area contributed by atoms with E-state index in [0.717, 1.165) is 46.8 Å². The molecule has 0 saturated carbocycles. The van der Waals surface area contributed by atoms with Gasteiger partial charge in [-0.2, -0.15) is 4.98 Å². The van der Waals surface area contributed by atoms with Gasteiger partial charge in [0.05, 0.1) is 6.04 Å². The van der Waals surface area contributed by atoms with Crippen LogP contribution in [0.1, 0.15) is 36.4 Å². The summed E-state index contributed by atoms with van der Waals surface area (Å²) in [6.07, 6.45) is 5.56. The van der Waals surface area contributed by atoms with E-state index in [0.29, 0.717) is 11.6 Å². The summed E-state index contributed by atoms with van der Waals surface area (Å²) in [5.41, 5.74) is 4.41. The largest absolute Gasteiger partial charge is 0.457 e. The van der Waals surface area contributed by atoms with Gasteiger partial charge in [-0.3, -0.25) is 9.36 Å². The van der Waals surface area contributed by atoms with Crippen molar-refractivity contribution in [2.75, 3.05) is 23.3 Å². The second kappa shape index (κ2) is 9.34. The standard InChI is InChI=1S/C31H27N5O2/c37-28-17-12-21-20-32-31(33-22-13-15-23(16-14-22)35-18-6-1-7-19-35)34-30(21)36(28)29-24-8-2-4-10-26(24)38-27-11-5-3-9-25(27)29/h2-5,8-17,20,29H,1,6-7,18-19H2,(H,32,33,34). The molecule has 0 aliphatic carbocycles. The second-order valence-electron chi connectivity index (χ2n) is 9.81. The lowest BCUT2D eigenvalue weighted by atomic mass is 9.94. The molecular weight excluding hydrogens is 474 g/mol. The molecular formula is C31H27N5O2. The van der Waals surface area contributed by atoms with Crippen molar-refractivity contribution < 1.29 is 4.74 Å². The van der Waals surface area contributed by atoms with Gasteiger partial charge in [0.25, 0.3) is 5.56 Å². The molecule has 0 atom stereocenters. The fourth-order valence-electron chi connectivity index (χ4n) is 5.55. The molecule has 1 saturated heterocycles. The normalized spacial score (nSPS) is 15.0. The highest BCUT2D eigenvalue weighted by Crippen LogP contribution is 2.44. The van der Waals surface area contributed by atoms with Crippen LogP contribution in [-0.4, -0.2) is 27.6 Å². The Labute approximate surface area is 220 Å². The molecule has 38 heavy (non-hydrogen) atoms. The molecule has 0 amide bonds. The Kier molecular flexibility index (Phi) is 5.54. The fourth-order valence-corrected chi connectivity index (χ4v) is 5.55. The molecule has 188 valence electrons. The maximum atomic E-state index is 13.4. The molecule has 0 unspecified atom stereocenters. The highest BCUT2D eigenvalue weighted by atomic mass is 16.5. The van der Waals surface area contributed by atoms with Crippen molar-refractivity contribution in [2.24, 2.45) is 0 Å². The zero-order chi connectivity index (χ0) is 25.5. The van der Waals surface area contributed by atoms with Crippen molar-refractivity contribution in [3.8, 4) is 11.5 Å². The molecule has 1 fully saturated rings. The number of benzene rings is 3. The molecule has 7 rings (SSSR count). The van der Waals surface area contributed by atoms with Crippen LogP contribution in [0.15, 0.2) is 95.9 Å². The lowest BCUT2D eigenvalue weighted by Crippen LogP contribution is -2.29. The van der Waals surface area contributed by atoms with Gasteiger partial charge in [0.2, 0.25) is 5.95 Å². The number of ether oxygens (including phenoxy) is 1. The van der Waals surface area contributed by atoms with E-state index in [9.17, 15) is 4.79 Å². The topological polar surface area (TPSA) is 72.3 Å². The van der Waals surface area contributed by atoms with Gasteiger partial charge in [0, 0.05) is 53.2 Å².